The van der Waals surface area contributed by atoms with Gasteiger partial charge in [0.1, 0.15) is 6.61 Å². The Morgan fingerprint density at radius 1 is 0.397 bits per heavy atom. The second-order valence-corrected chi connectivity index (χ2v) is 16.0. The summed E-state index contributed by atoms with van der Waals surface area (Å²) in [4.78, 5) is 25.2. The van der Waals surface area contributed by atoms with Crippen molar-refractivity contribution in [1.82, 2.24) is 0 Å². The molecule has 0 aliphatic carbocycles. The van der Waals surface area contributed by atoms with Gasteiger partial charge in [-0.2, -0.15) is 0 Å². The van der Waals surface area contributed by atoms with Gasteiger partial charge in [0.25, 0.3) is 0 Å². The fourth-order valence-corrected chi connectivity index (χ4v) is 6.59. The number of allylic oxidation sites excluding steroid dienone is 12. The van der Waals surface area contributed by atoms with Gasteiger partial charge in [-0.1, -0.05) is 196 Å². The molecule has 0 amide bonds. The molecule has 0 saturated heterocycles. The third-order valence-electron chi connectivity index (χ3n) is 10.2. The highest BCUT2D eigenvalue weighted by molar-refractivity contribution is 5.70. The van der Waals surface area contributed by atoms with Gasteiger partial charge >= 0.3 is 11.9 Å². The molecule has 1 atom stereocenters. The van der Waals surface area contributed by atoms with Crippen LogP contribution in [0.15, 0.2) is 72.9 Å². The maximum Gasteiger partial charge on any atom is 0.306 e. The van der Waals surface area contributed by atoms with Gasteiger partial charge in [-0.3, -0.25) is 9.59 Å². The Morgan fingerprint density at radius 2 is 0.776 bits per heavy atom. The van der Waals surface area contributed by atoms with Crippen molar-refractivity contribution in [2.24, 2.45) is 0 Å². The van der Waals surface area contributed by atoms with E-state index in [0.29, 0.717) is 19.4 Å². The first-order valence-corrected chi connectivity index (χ1v) is 24.5. The van der Waals surface area contributed by atoms with Crippen LogP contribution in [0.4, 0.5) is 0 Å². The lowest BCUT2D eigenvalue weighted by Gasteiger charge is -2.18. The molecule has 0 spiro atoms. The average Bonchev–Trinajstić information content (AvgIpc) is 3.22. The molecule has 5 heteroatoms. The van der Waals surface area contributed by atoms with Gasteiger partial charge in [-0.25, -0.2) is 0 Å². The smallest absolute Gasteiger partial charge is 0.306 e. The standard InChI is InChI=1S/C53H92O5/c1-4-7-10-13-16-19-21-23-24-25-26-27-28-29-31-33-36-39-42-45-48-56-49-51(58-53(55)47-44-41-38-34-18-15-12-9-6-3)50-57-52(54)46-43-40-37-35-32-30-22-20-17-14-11-8-5-2/h7,10,16,19-20,22-24,26-27,29,31,51H,4-6,8-9,11-15,17-18,21,25,28,30,32-50H2,1-3H3/b10-7-,19-16-,22-20-,24-23-,27-26-,31-29-. The molecule has 0 fully saturated rings. The SMILES string of the molecule is CC/C=C\C/C=C\C/C=C\C/C=C\C/C=C\CCCCCCOCC(COC(=O)CCCCCCC/C=C\CCCCCC)OC(=O)CCCCCCCCCCC. The Hall–Kier alpha value is -2.66. The van der Waals surface area contributed by atoms with Crippen molar-refractivity contribution in [3.05, 3.63) is 72.9 Å². The van der Waals surface area contributed by atoms with Crippen LogP contribution in [0.3, 0.4) is 0 Å². The molecule has 0 saturated carbocycles. The number of unbranched alkanes of at least 4 members (excludes halogenated alkanes) is 21. The van der Waals surface area contributed by atoms with E-state index in [1.807, 2.05) is 0 Å². The van der Waals surface area contributed by atoms with Crippen LogP contribution in [-0.4, -0.2) is 37.9 Å². The Labute approximate surface area is 359 Å². The summed E-state index contributed by atoms with van der Waals surface area (Å²) in [6, 6.07) is 0. The topological polar surface area (TPSA) is 61.8 Å². The van der Waals surface area contributed by atoms with Crippen molar-refractivity contribution in [2.45, 2.75) is 232 Å². The molecule has 0 aromatic carbocycles. The van der Waals surface area contributed by atoms with E-state index in [9.17, 15) is 9.59 Å². The molecule has 0 radical (unpaired) electrons. The third-order valence-corrected chi connectivity index (χ3v) is 10.2. The Bertz CT molecular complexity index is 1050. The van der Waals surface area contributed by atoms with Crippen LogP contribution < -0.4 is 0 Å². The first-order chi connectivity index (χ1) is 28.6. The van der Waals surface area contributed by atoms with Crippen molar-refractivity contribution in [2.75, 3.05) is 19.8 Å². The molecule has 0 bridgehead atoms. The predicted molar refractivity (Wildman–Crippen MR) is 251 cm³/mol. The van der Waals surface area contributed by atoms with Crippen molar-refractivity contribution in [1.29, 1.82) is 0 Å². The minimum absolute atomic E-state index is 0.0698. The summed E-state index contributed by atoms with van der Waals surface area (Å²) in [7, 11) is 0. The highest BCUT2D eigenvalue weighted by atomic mass is 16.6. The van der Waals surface area contributed by atoms with Crippen LogP contribution in [0.1, 0.15) is 226 Å². The number of carbonyl (C=O) groups is 2. The van der Waals surface area contributed by atoms with E-state index in [-0.39, 0.29) is 25.2 Å². The molecule has 334 valence electrons. The fourth-order valence-electron chi connectivity index (χ4n) is 6.59. The van der Waals surface area contributed by atoms with Crippen LogP contribution in [0.2, 0.25) is 0 Å². The summed E-state index contributed by atoms with van der Waals surface area (Å²) >= 11 is 0. The highest BCUT2D eigenvalue weighted by Gasteiger charge is 2.17. The van der Waals surface area contributed by atoms with Gasteiger partial charge in [0, 0.05) is 19.4 Å². The molecule has 0 N–H and O–H groups in total. The number of esters is 2. The van der Waals surface area contributed by atoms with Crippen LogP contribution >= 0.6 is 0 Å². The zero-order valence-corrected chi connectivity index (χ0v) is 38.3. The van der Waals surface area contributed by atoms with Crippen molar-refractivity contribution in [3.8, 4) is 0 Å². The largest absolute Gasteiger partial charge is 0.462 e. The van der Waals surface area contributed by atoms with Gasteiger partial charge < -0.3 is 14.2 Å². The first kappa shape index (κ1) is 55.3. The van der Waals surface area contributed by atoms with Crippen LogP contribution in [0.25, 0.3) is 0 Å². The molecule has 0 rings (SSSR count). The molecule has 0 heterocycles. The van der Waals surface area contributed by atoms with Crippen LogP contribution in [-0.2, 0) is 23.8 Å². The number of hydrogen-bond acceptors (Lipinski definition) is 5. The van der Waals surface area contributed by atoms with Gasteiger partial charge in [-0.15, -0.1) is 0 Å². The maximum atomic E-state index is 12.7. The van der Waals surface area contributed by atoms with Gasteiger partial charge in [0.15, 0.2) is 6.10 Å². The van der Waals surface area contributed by atoms with E-state index >= 15 is 0 Å². The number of carbonyl (C=O) groups excluding carboxylic acids is 2. The summed E-state index contributed by atoms with van der Waals surface area (Å²) in [6.45, 7) is 7.62. The summed E-state index contributed by atoms with van der Waals surface area (Å²) in [6.07, 6.45) is 61.9. The second kappa shape index (κ2) is 48.7. The van der Waals surface area contributed by atoms with E-state index in [1.54, 1.807) is 0 Å². The van der Waals surface area contributed by atoms with E-state index in [2.05, 4.69) is 93.7 Å². The maximum absolute atomic E-state index is 12.7. The molecule has 0 aromatic rings. The zero-order valence-electron chi connectivity index (χ0n) is 38.3. The van der Waals surface area contributed by atoms with E-state index < -0.39 is 6.10 Å². The second-order valence-electron chi connectivity index (χ2n) is 16.0. The minimum atomic E-state index is -0.551. The number of rotatable bonds is 44. The third kappa shape index (κ3) is 46.0. The minimum Gasteiger partial charge on any atom is -0.462 e. The average molecular weight is 809 g/mol. The Kier molecular flexibility index (Phi) is 46.5. The molecular formula is C53H92O5. The van der Waals surface area contributed by atoms with Crippen molar-refractivity contribution in [3.63, 3.8) is 0 Å². The first-order valence-electron chi connectivity index (χ1n) is 24.5. The normalized spacial score (nSPS) is 12.8. The summed E-state index contributed by atoms with van der Waals surface area (Å²) in [5, 5.41) is 0. The Balaban J connectivity index is 4.26. The fraction of sp³-hybridized carbons (Fsp3) is 0.736. The van der Waals surface area contributed by atoms with E-state index in [4.69, 9.17) is 14.2 Å². The van der Waals surface area contributed by atoms with Crippen LogP contribution in [0.5, 0.6) is 0 Å². The Morgan fingerprint density at radius 3 is 1.28 bits per heavy atom. The predicted octanol–water partition coefficient (Wildman–Crippen LogP) is 16.3. The van der Waals surface area contributed by atoms with E-state index in [0.717, 1.165) is 89.9 Å². The molecule has 0 aliphatic rings. The number of hydrogen-bond donors (Lipinski definition) is 0. The zero-order chi connectivity index (χ0) is 42.1. The lowest BCUT2D eigenvalue weighted by atomic mass is 10.1. The monoisotopic (exact) mass is 809 g/mol. The molecule has 0 aliphatic heterocycles. The summed E-state index contributed by atoms with van der Waals surface area (Å²) in [5.74, 6) is -0.424. The quantitative estimate of drug-likeness (QED) is 0.0348. The summed E-state index contributed by atoms with van der Waals surface area (Å²) < 4.78 is 17.3. The molecule has 0 aromatic heterocycles. The summed E-state index contributed by atoms with van der Waals surface area (Å²) in [5.41, 5.74) is 0. The van der Waals surface area contributed by atoms with Crippen molar-refractivity contribution < 1.29 is 23.8 Å². The van der Waals surface area contributed by atoms with E-state index in [1.165, 1.54) is 103 Å². The highest BCUT2D eigenvalue weighted by Crippen LogP contribution is 2.13. The molecule has 1 unspecified atom stereocenters. The lowest BCUT2D eigenvalue weighted by molar-refractivity contribution is -0.163. The number of ether oxygens (including phenoxy) is 3. The molecule has 5 nitrogen and oxygen atoms in total. The van der Waals surface area contributed by atoms with Crippen molar-refractivity contribution >= 4 is 11.9 Å². The van der Waals surface area contributed by atoms with Gasteiger partial charge in [0.05, 0.1) is 6.61 Å². The lowest BCUT2D eigenvalue weighted by Crippen LogP contribution is -2.30. The van der Waals surface area contributed by atoms with Crippen LogP contribution in [0, 0.1) is 0 Å². The van der Waals surface area contributed by atoms with Gasteiger partial charge in [-0.05, 0) is 89.9 Å². The molecule has 58 heavy (non-hydrogen) atoms. The molecular weight excluding hydrogens is 717 g/mol. The van der Waals surface area contributed by atoms with Gasteiger partial charge in [0.2, 0.25) is 0 Å².